The van der Waals surface area contributed by atoms with Crippen LogP contribution >= 0.6 is 0 Å². The van der Waals surface area contributed by atoms with E-state index in [1.54, 1.807) is 13.3 Å². The van der Waals surface area contributed by atoms with Crippen LogP contribution in [-0.4, -0.2) is 32.2 Å². The zero-order valence-corrected chi connectivity index (χ0v) is 14.4. The van der Waals surface area contributed by atoms with Gasteiger partial charge in [0.1, 0.15) is 12.4 Å². The van der Waals surface area contributed by atoms with Gasteiger partial charge < -0.3 is 19.8 Å². The Labute approximate surface area is 134 Å². The van der Waals surface area contributed by atoms with Gasteiger partial charge in [0.15, 0.2) is 5.96 Å². The van der Waals surface area contributed by atoms with Crippen LogP contribution in [0.4, 0.5) is 0 Å². The van der Waals surface area contributed by atoms with Crippen molar-refractivity contribution < 1.29 is 9.15 Å². The lowest BCUT2D eigenvalue weighted by molar-refractivity contribution is 0.105. The SMILES string of the molecule is CN=C(NCCCOCc1ccco1)NC(C)CCC(C)C. The van der Waals surface area contributed by atoms with Gasteiger partial charge in [0, 0.05) is 26.2 Å². The first-order valence-corrected chi connectivity index (χ1v) is 8.19. The second kappa shape index (κ2) is 11.1. The molecule has 0 bridgehead atoms. The van der Waals surface area contributed by atoms with Crippen molar-refractivity contribution in [2.75, 3.05) is 20.2 Å². The van der Waals surface area contributed by atoms with Crippen LogP contribution in [0.25, 0.3) is 0 Å². The highest BCUT2D eigenvalue weighted by molar-refractivity contribution is 5.79. The van der Waals surface area contributed by atoms with Gasteiger partial charge in [-0.2, -0.15) is 0 Å². The molecular weight excluding hydrogens is 278 g/mol. The van der Waals surface area contributed by atoms with Crippen molar-refractivity contribution in [3.63, 3.8) is 0 Å². The second-order valence-corrected chi connectivity index (χ2v) is 6.00. The highest BCUT2D eigenvalue weighted by Gasteiger charge is 2.06. The maximum Gasteiger partial charge on any atom is 0.191 e. The summed E-state index contributed by atoms with van der Waals surface area (Å²) in [4.78, 5) is 4.25. The number of furan rings is 1. The summed E-state index contributed by atoms with van der Waals surface area (Å²) in [5.41, 5.74) is 0. The smallest absolute Gasteiger partial charge is 0.191 e. The molecule has 0 amide bonds. The van der Waals surface area contributed by atoms with Crippen molar-refractivity contribution in [2.24, 2.45) is 10.9 Å². The molecule has 2 N–H and O–H groups in total. The molecule has 0 aliphatic heterocycles. The molecule has 0 spiro atoms. The molecule has 1 atom stereocenters. The monoisotopic (exact) mass is 309 g/mol. The van der Waals surface area contributed by atoms with Gasteiger partial charge in [-0.15, -0.1) is 0 Å². The van der Waals surface area contributed by atoms with Crippen molar-refractivity contribution in [1.82, 2.24) is 10.6 Å². The molecule has 0 aromatic carbocycles. The van der Waals surface area contributed by atoms with Gasteiger partial charge in [-0.1, -0.05) is 13.8 Å². The number of nitrogens with zero attached hydrogens (tertiary/aromatic N) is 1. The van der Waals surface area contributed by atoms with E-state index in [1.165, 1.54) is 6.42 Å². The summed E-state index contributed by atoms with van der Waals surface area (Å²) in [6, 6.07) is 4.22. The van der Waals surface area contributed by atoms with Crippen molar-refractivity contribution in [3.8, 4) is 0 Å². The number of ether oxygens (including phenoxy) is 1. The van der Waals surface area contributed by atoms with E-state index in [0.29, 0.717) is 19.3 Å². The van der Waals surface area contributed by atoms with E-state index < -0.39 is 0 Å². The van der Waals surface area contributed by atoms with E-state index in [4.69, 9.17) is 9.15 Å². The van der Waals surface area contributed by atoms with Crippen molar-refractivity contribution in [3.05, 3.63) is 24.2 Å². The third-order valence-electron chi connectivity index (χ3n) is 3.37. The van der Waals surface area contributed by atoms with E-state index in [-0.39, 0.29) is 0 Å². The van der Waals surface area contributed by atoms with Crippen LogP contribution in [0.2, 0.25) is 0 Å². The van der Waals surface area contributed by atoms with Crippen LogP contribution in [0.15, 0.2) is 27.8 Å². The number of hydrogen-bond acceptors (Lipinski definition) is 3. The number of guanidine groups is 1. The summed E-state index contributed by atoms with van der Waals surface area (Å²) < 4.78 is 10.8. The summed E-state index contributed by atoms with van der Waals surface area (Å²) in [5, 5.41) is 6.74. The largest absolute Gasteiger partial charge is 0.467 e. The Kier molecular flexibility index (Phi) is 9.39. The molecule has 1 aromatic rings. The van der Waals surface area contributed by atoms with Gasteiger partial charge in [0.2, 0.25) is 0 Å². The fraction of sp³-hybridized carbons (Fsp3) is 0.706. The van der Waals surface area contributed by atoms with Crippen LogP contribution in [0.1, 0.15) is 45.8 Å². The topological polar surface area (TPSA) is 58.8 Å². The lowest BCUT2D eigenvalue weighted by Gasteiger charge is -2.18. The van der Waals surface area contributed by atoms with Gasteiger partial charge >= 0.3 is 0 Å². The fourth-order valence-corrected chi connectivity index (χ4v) is 2.03. The Morgan fingerprint density at radius 3 is 2.77 bits per heavy atom. The number of nitrogens with one attached hydrogen (secondary N) is 2. The Hall–Kier alpha value is -1.49. The molecule has 1 aromatic heterocycles. The molecule has 0 aliphatic carbocycles. The van der Waals surface area contributed by atoms with Crippen LogP contribution in [0.3, 0.4) is 0 Å². The minimum atomic E-state index is 0.434. The van der Waals surface area contributed by atoms with Crippen LogP contribution in [0.5, 0.6) is 0 Å². The van der Waals surface area contributed by atoms with Crippen molar-refractivity contribution in [2.45, 2.75) is 52.7 Å². The first kappa shape index (κ1) is 18.6. The van der Waals surface area contributed by atoms with Crippen LogP contribution in [0, 0.1) is 5.92 Å². The van der Waals surface area contributed by atoms with E-state index >= 15 is 0 Å². The van der Waals surface area contributed by atoms with Gasteiger partial charge in [0.05, 0.1) is 6.26 Å². The Morgan fingerprint density at radius 1 is 1.32 bits per heavy atom. The lowest BCUT2D eigenvalue weighted by atomic mass is 10.0. The fourth-order valence-electron chi connectivity index (χ4n) is 2.03. The molecule has 1 unspecified atom stereocenters. The molecule has 0 fully saturated rings. The molecule has 0 saturated carbocycles. The average Bonchev–Trinajstić information content (AvgIpc) is 3.00. The molecule has 0 saturated heterocycles. The zero-order valence-electron chi connectivity index (χ0n) is 14.4. The Bertz CT molecular complexity index is 402. The maximum absolute atomic E-state index is 5.55. The molecular formula is C17H31N3O2. The summed E-state index contributed by atoms with van der Waals surface area (Å²) in [5.74, 6) is 2.47. The Morgan fingerprint density at radius 2 is 2.14 bits per heavy atom. The molecule has 1 heterocycles. The minimum absolute atomic E-state index is 0.434. The van der Waals surface area contributed by atoms with Gasteiger partial charge in [-0.05, 0) is 44.2 Å². The molecule has 5 heteroatoms. The third kappa shape index (κ3) is 8.72. The normalized spacial score (nSPS) is 13.4. The predicted octanol–water partition coefficient (Wildman–Crippen LogP) is 3.18. The van der Waals surface area contributed by atoms with Crippen molar-refractivity contribution in [1.29, 1.82) is 0 Å². The summed E-state index contributed by atoms with van der Waals surface area (Å²) in [6.45, 7) is 8.78. The number of rotatable bonds is 10. The maximum atomic E-state index is 5.55. The van der Waals surface area contributed by atoms with E-state index in [1.807, 2.05) is 12.1 Å². The van der Waals surface area contributed by atoms with E-state index in [2.05, 4.69) is 36.4 Å². The quantitative estimate of drug-likeness (QED) is 0.396. The van der Waals surface area contributed by atoms with Gasteiger partial charge in [-0.3, -0.25) is 4.99 Å². The number of hydrogen-bond donors (Lipinski definition) is 2. The lowest BCUT2D eigenvalue weighted by Crippen LogP contribution is -2.42. The predicted molar refractivity (Wildman–Crippen MR) is 91.0 cm³/mol. The summed E-state index contributed by atoms with van der Waals surface area (Å²) in [7, 11) is 1.80. The second-order valence-electron chi connectivity index (χ2n) is 6.00. The minimum Gasteiger partial charge on any atom is -0.467 e. The highest BCUT2D eigenvalue weighted by Crippen LogP contribution is 2.06. The first-order valence-electron chi connectivity index (χ1n) is 8.19. The summed E-state index contributed by atoms with van der Waals surface area (Å²) in [6.07, 6.45) is 4.98. The molecule has 126 valence electrons. The molecule has 0 aliphatic rings. The molecule has 5 nitrogen and oxygen atoms in total. The van der Waals surface area contributed by atoms with Crippen LogP contribution in [-0.2, 0) is 11.3 Å². The van der Waals surface area contributed by atoms with Gasteiger partial charge in [0.25, 0.3) is 0 Å². The van der Waals surface area contributed by atoms with E-state index in [9.17, 15) is 0 Å². The average molecular weight is 309 g/mol. The molecule has 22 heavy (non-hydrogen) atoms. The third-order valence-corrected chi connectivity index (χ3v) is 3.37. The summed E-state index contributed by atoms with van der Waals surface area (Å²) >= 11 is 0. The molecule has 0 radical (unpaired) electrons. The standard InChI is InChI=1S/C17H31N3O2/c1-14(2)8-9-15(3)20-17(18-4)19-10-6-11-21-13-16-7-5-12-22-16/h5,7,12,14-15H,6,8-11,13H2,1-4H3,(H2,18,19,20). The van der Waals surface area contributed by atoms with Crippen LogP contribution < -0.4 is 10.6 Å². The highest BCUT2D eigenvalue weighted by atomic mass is 16.5. The van der Waals surface area contributed by atoms with Gasteiger partial charge in [-0.25, -0.2) is 0 Å². The Balaban J connectivity index is 2.05. The number of aliphatic imine (C=N–C) groups is 1. The van der Waals surface area contributed by atoms with E-state index in [0.717, 1.165) is 37.0 Å². The zero-order chi connectivity index (χ0) is 16.2. The first-order chi connectivity index (χ1) is 10.6. The van der Waals surface area contributed by atoms with Crippen molar-refractivity contribution >= 4 is 5.96 Å². The molecule has 1 rings (SSSR count).